The summed E-state index contributed by atoms with van der Waals surface area (Å²) in [7, 11) is 0. The van der Waals surface area contributed by atoms with Gasteiger partial charge in [0, 0.05) is 18.7 Å². The van der Waals surface area contributed by atoms with Crippen molar-refractivity contribution in [2.45, 2.75) is 89.3 Å². The van der Waals surface area contributed by atoms with E-state index in [4.69, 9.17) is 9.47 Å². The highest BCUT2D eigenvalue weighted by atomic mass is 16.6. The zero-order chi connectivity index (χ0) is 34.7. The molecule has 3 heterocycles. The number of rotatable bonds is 14. The number of nitrogens with zero attached hydrogens (tertiary/aromatic N) is 2. The maximum absolute atomic E-state index is 14.8. The summed E-state index contributed by atoms with van der Waals surface area (Å²) in [5, 5.41) is 13.2. The van der Waals surface area contributed by atoms with E-state index < -0.39 is 59.6 Å². The van der Waals surface area contributed by atoms with Gasteiger partial charge in [0.15, 0.2) is 0 Å². The lowest BCUT2D eigenvalue weighted by molar-refractivity contribution is -0.162. The van der Waals surface area contributed by atoms with Gasteiger partial charge in [-0.2, -0.15) is 0 Å². The summed E-state index contributed by atoms with van der Waals surface area (Å²) in [6, 6.07) is 12.6. The molecule has 2 bridgehead atoms. The Labute approximate surface area is 282 Å². The molecule has 2 aromatic rings. The second kappa shape index (κ2) is 14.5. The van der Waals surface area contributed by atoms with Crippen molar-refractivity contribution < 1.29 is 33.8 Å². The molecule has 0 unspecified atom stereocenters. The molecule has 2 N–H and O–H groups in total. The smallest absolute Gasteiger partial charge is 0.313 e. The van der Waals surface area contributed by atoms with Crippen molar-refractivity contribution in [3.05, 3.63) is 90.5 Å². The van der Waals surface area contributed by atoms with Crippen LogP contribution in [0.4, 0.5) is 5.69 Å². The van der Waals surface area contributed by atoms with E-state index in [9.17, 15) is 24.3 Å². The number of anilines is 1. The largest absolute Gasteiger partial charge is 0.455 e. The van der Waals surface area contributed by atoms with Crippen molar-refractivity contribution in [2.75, 3.05) is 18.1 Å². The molecule has 8 atom stereocenters. The number of likely N-dealkylation sites (tertiary alicyclic amines) is 1. The Morgan fingerprint density at radius 2 is 1.88 bits per heavy atom. The first kappa shape index (κ1) is 35.0. The van der Waals surface area contributed by atoms with Crippen LogP contribution in [0.3, 0.4) is 0 Å². The van der Waals surface area contributed by atoms with Gasteiger partial charge in [0.25, 0.3) is 5.91 Å². The SMILES string of the molecule is C=CCCC(=O)N[C@@H](C)[C@H](OC(=O)[C@@H]1[C@H]2C(=O)N([C@H](C)CO)[C@H](C(=O)N(CC=C)c3cc(C)ccc3C)[C@]23CC[C@H]1O3)c1ccccc1. The molecular weight excluding hydrogens is 610 g/mol. The van der Waals surface area contributed by atoms with Crippen LogP contribution in [0.5, 0.6) is 0 Å². The molecule has 1 spiro atoms. The van der Waals surface area contributed by atoms with Gasteiger partial charge in [0.2, 0.25) is 11.8 Å². The molecule has 10 nitrogen and oxygen atoms in total. The topological polar surface area (TPSA) is 125 Å². The highest BCUT2D eigenvalue weighted by Gasteiger charge is 2.75. The minimum Gasteiger partial charge on any atom is -0.455 e. The van der Waals surface area contributed by atoms with E-state index in [1.54, 1.807) is 30.9 Å². The quantitative estimate of drug-likeness (QED) is 0.229. The predicted molar refractivity (Wildman–Crippen MR) is 182 cm³/mol. The Kier molecular flexibility index (Phi) is 10.6. The lowest BCUT2D eigenvalue weighted by atomic mass is 9.70. The number of benzene rings is 2. The Morgan fingerprint density at radius 3 is 2.54 bits per heavy atom. The molecule has 0 radical (unpaired) electrons. The zero-order valence-electron chi connectivity index (χ0n) is 28.3. The number of amides is 3. The van der Waals surface area contributed by atoms with Gasteiger partial charge < -0.3 is 29.7 Å². The first-order valence-electron chi connectivity index (χ1n) is 16.7. The van der Waals surface area contributed by atoms with Crippen LogP contribution >= 0.6 is 0 Å². The van der Waals surface area contributed by atoms with Gasteiger partial charge in [-0.15, -0.1) is 13.2 Å². The molecule has 2 aromatic carbocycles. The molecule has 0 aliphatic carbocycles. The summed E-state index contributed by atoms with van der Waals surface area (Å²) in [4.78, 5) is 59.2. The number of hydrogen-bond acceptors (Lipinski definition) is 7. The lowest BCUT2D eigenvalue weighted by Gasteiger charge is -2.38. The number of hydrogen-bond donors (Lipinski definition) is 2. The molecule has 10 heteroatoms. The Balaban J connectivity index is 1.49. The molecule has 48 heavy (non-hydrogen) atoms. The molecule has 5 rings (SSSR count). The third kappa shape index (κ3) is 6.31. The molecule has 3 amide bonds. The first-order chi connectivity index (χ1) is 23.0. The molecular formula is C38H47N3O7. The summed E-state index contributed by atoms with van der Waals surface area (Å²) in [6.45, 7) is 14.7. The maximum atomic E-state index is 14.8. The molecule has 0 saturated carbocycles. The number of allylic oxidation sites excluding steroid dienone is 1. The van der Waals surface area contributed by atoms with Crippen molar-refractivity contribution in [3.8, 4) is 0 Å². The average molecular weight is 658 g/mol. The molecule has 256 valence electrons. The fourth-order valence-electron chi connectivity index (χ4n) is 7.73. The average Bonchev–Trinajstić information content (AvgIpc) is 3.73. The highest BCUT2D eigenvalue weighted by Crippen LogP contribution is 2.59. The number of carbonyl (C=O) groups is 4. The number of aliphatic hydroxyl groups is 1. The monoisotopic (exact) mass is 657 g/mol. The van der Waals surface area contributed by atoms with Crippen LogP contribution in [0.15, 0.2) is 73.8 Å². The Morgan fingerprint density at radius 1 is 1.15 bits per heavy atom. The third-order valence-electron chi connectivity index (χ3n) is 10.0. The summed E-state index contributed by atoms with van der Waals surface area (Å²) < 4.78 is 12.8. The summed E-state index contributed by atoms with van der Waals surface area (Å²) in [6.07, 6.45) is 3.46. The third-order valence-corrected chi connectivity index (χ3v) is 10.0. The van der Waals surface area contributed by atoms with Crippen molar-refractivity contribution in [3.63, 3.8) is 0 Å². The summed E-state index contributed by atoms with van der Waals surface area (Å²) in [5.41, 5.74) is 1.96. The van der Waals surface area contributed by atoms with Gasteiger partial charge in [0.05, 0.1) is 36.6 Å². The fraction of sp³-hybridized carbons (Fsp3) is 0.474. The van der Waals surface area contributed by atoms with E-state index in [0.29, 0.717) is 30.5 Å². The van der Waals surface area contributed by atoms with Crippen LogP contribution < -0.4 is 10.2 Å². The number of nitrogens with one attached hydrogen (secondary N) is 1. The second-order valence-electron chi connectivity index (χ2n) is 13.3. The number of fused-ring (bicyclic) bond motifs is 1. The molecule has 3 aliphatic heterocycles. The number of ether oxygens (including phenoxy) is 2. The molecule has 3 saturated heterocycles. The van der Waals surface area contributed by atoms with Crippen molar-refractivity contribution in [1.82, 2.24) is 10.2 Å². The van der Waals surface area contributed by atoms with Crippen LogP contribution in [-0.2, 0) is 28.7 Å². The Hall–Kier alpha value is -4.28. The van der Waals surface area contributed by atoms with Gasteiger partial charge in [-0.1, -0.05) is 54.6 Å². The van der Waals surface area contributed by atoms with E-state index in [2.05, 4.69) is 18.5 Å². The van der Waals surface area contributed by atoms with Gasteiger partial charge >= 0.3 is 5.97 Å². The lowest BCUT2D eigenvalue weighted by Crippen LogP contribution is -2.58. The van der Waals surface area contributed by atoms with Crippen LogP contribution in [0.2, 0.25) is 0 Å². The van der Waals surface area contributed by atoms with Gasteiger partial charge in [-0.05, 0) is 69.7 Å². The second-order valence-corrected chi connectivity index (χ2v) is 13.3. The molecule has 3 aliphatic rings. The first-order valence-corrected chi connectivity index (χ1v) is 16.7. The minimum atomic E-state index is -1.28. The van der Waals surface area contributed by atoms with Crippen molar-refractivity contribution in [2.24, 2.45) is 11.8 Å². The van der Waals surface area contributed by atoms with E-state index in [1.165, 1.54) is 4.90 Å². The fourth-order valence-corrected chi connectivity index (χ4v) is 7.73. The Bertz CT molecular complexity index is 1560. The van der Waals surface area contributed by atoms with Crippen molar-refractivity contribution >= 4 is 29.4 Å². The summed E-state index contributed by atoms with van der Waals surface area (Å²) in [5.74, 6) is -3.54. The van der Waals surface area contributed by atoms with Gasteiger partial charge in [-0.3, -0.25) is 19.2 Å². The maximum Gasteiger partial charge on any atom is 0.313 e. The van der Waals surface area contributed by atoms with Gasteiger partial charge in [-0.25, -0.2) is 0 Å². The number of aliphatic hydroxyl groups excluding tert-OH is 1. The molecule has 3 fully saturated rings. The van der Waals surface area contributed by atoms with Crippen LogP contribution in [0.25, 0.3) is 0 Å². The zero-order valence-corrected chi connectivity index (χ0v) is 28.3. The number of carbonyl (C=O) groups excluding carboxylic acids is 4. The predicted octanol–water partition coefficient (Wildman–Crippen LogP) is 4.33. The van der Waals surface area contributed by atoms with Crippen LogP contribution in [0.1, 0.15) is 62.3 Å². The van der Waals surface area contributed by atoms with Crippen LogP contribution in [0, 0.1) is 25.7 Å². The van der Waals surface area contributed by atoms with Crippen LogP contribution in [-0.4, -0.2) is 76.7 Å². The normalized spacial score (nSPS) is 25.9. The van der Waals surface area contributed by atoms with Crippen molar-refractivity contribution in [1.29, 1.82) is 0 Å². The van der Waals surface area contributed by atoms with E-state index in [-0.39, 0.29) is 31.4 Å². The van der Waals surface area contributed by atoms with E-state index in [1.807, 2.05) is 62.4 Å². The van der Waals surface area contributed by atoms with E-state index >= 15 is 0 Å². The van der Waals surface area contributed by atoms with Gasteiger partial charge in [0.1, 0.15) is 17.7 Å². The van der Waals surface area contributed by atoms with E-state index in [0.717, 1.165) is 11.1 Å². The number of esters is 1. The highest BCUT2D eigenvalue weighted by molar-refractivity contribution is 6.05. The summed E-state index contributed by atoms with van der Waals surface area (Å²) >= 11 is 0. The minimum absolute atomic E-state index is 0.194. The molecule has 0 aromatic heterocycles. The standard InChI is InChI=1S/C38H47N3O7/c1-7-9-15-30(43)39-26(6)33(27-13-11-10-12-14-27)47-37(46)31-29-18-19-38(48-29)32(31)35(44)41(25(5)22-42)34(38)36(45)40(20-8-2)28-21-23(3)16-17-24(28)4/h7-8,10-14,16-17,21,25-26,29,31-34,42H,1-2,9,15,18-20,22H2,3-6H3,(H,39,43)/t25-,26+,29-,31+,32+,33+,34-,38+/m1/s1. The number of aryl methyl sites for hydroxylation is 2.